The van der Waals surface area contributed by atoms with Gasteiger partial charge in [-0.1, -0.05) is 37.3 Å². The molecule has 6 heteroatoms. The highest BCUT2D eigenvalue weighted by atomic mass is 32.2. The van der Waals surface area contributed by atoms with Crippen molar-refractivity contribution in [1.82, 2.24) is 9.21 Å². The fraction of sp³-hybridized carbons (Fsp3) is 0.333. The molecule has 2 aromatic carbocycles. The summed E-state index contributed by atoms with van der Waals surface area (Å²) in [6.45, 7) is 3.49. The van der Waals surface area contributed by atoms with Gasteiger partial charge in [-0.25, -0.2) is 12.7 Å². The molecule has 5 nitrogen and oxygen atoms in total. The molecule has 0 saturated heterocycles. The Kier molecular flexibility index (Phi) is 5.69. The largest absolute Gasteiger partial charge is 0.461 e. The number of hydrogen-bond acceptors (Lipinski definition) is 4. The van der Waals surface area contributed by atoms with Crippen LogP contribution in [0.15, 0.2) is 57.8 Å². The molecular formula is C21H26N2O3S. The lowest BCUT2D eigenvalue weighted by molar-refractivity contribution is 0.316. The van der Waals surface area contributed by atoms with Gasteiger partial charge < -0.3 is 4.42 Å². The number of sulfonamides is 1. The number of hydrogen-bond donors (Lipinski definition) is 0. The van der Waals surface area contributed by atoms with Gasteiger partial charge in [0.2, 0.25) is 10.0 Å². The number of para-hydroxylation sites is 1. The topological polar surface area (TPSA) is 53.8 Å². The van der Waals surface area contributed by atoms with E-state index in [2.05, 4.69) is 17.9 Å². The van der Waals surface area contributed by atoms with Crippen LogP contribution in [0.5, 0.6) is 0 Å². The summed E-state index contributed by atoms with van der Waals surface area (Å²) in [5.41, 5.74) is 3.08. The summed E-state index contributed by atoms with van der Waals surface area (Å²) < 4.78 is 31.9. The summed E-state index contributed by atoms with van der Waals surface area (Å²) in [6.07, 6.45) is 0.842. The highest BCUT2D eigenvalue weighted by Crippen LogP contribution is 2.27. The number of aryl methyl sites for hydroxylation is 1. The highest BCUT2D eigenvalue weighted by Gasteiger charge is 2.18. The molecule has 3 aromatic rings. The molecule has 0 saturated carbocycles. The number of rotatable bonds is 7. The van der Waals surface area contributed by atoms with E-state index in [-0.39, 0.29) is 0 Å². The van der Waals surface area contributed by atoms with Gasteiger partial charge in [-0.05, 0) is 30.8 Å². The van der Waals surface area contributed by atoms with E-state index in [0.29, 0.717) is 11.4 Å². The Morgan fingerprint density at radius 2 is 1.70 bits per heavy atom. The van der Waals surface area contributed by atoms with Crippen molar-refractivity contribution in [3.63, 3.8) is 0 Å². The van der Waals surface area contributed by atoms with E-state index in [1.807, 2.05) is 31.3 Å². The minimum absolute atomic E-state index is 0.321. The second kappa shape index (κ2) is 7.84. The van der Waals surface area contributed by atoms with Gasteiger partial charge >= 0.3 is 0 Å². The Balaban J connectivity index is 1.82. The standard InChI is InChI=1S/C21H26N2O3S/c1-5-20-19(18-11-6-7-12-21(18)26-20)15-23(4)14-16-9-8-10-17(13-16)27(24,25)22(2)3/h6-13H,5,14-15H2,1-4H3. The Morgan fingerprint density at radius 1 is 0.963 bits per heavy atom. The third kappa shape index (κ3) is 4.08. The van der Waals surface area contributed by atoms with Crippen LogP contribution >= 0.6 is 0 Å². The van der Waals surface area contributed by atoms with E-state index in [4.69, 9.17) is 4.42 Å². The molecule has 0 aliphatic carbocycles. The van der Waals surface area contributed by atoms with Gasteiger partial charge in [-0.2, -0.15) is 0 Å². The molecular weight excluding hydrogens is 360 g/mol. The Labute approximate surface area is 161 Å². The molecule has 0 radical (unpaired) electrons. The van der Waals surface area contributed by atoms with Gasteiger partial charge in [-0.3, -0.25) is 4.90 Å². The van der Waals surface area contributed by atoms with Crippen LogP contribution < -0.4 is 0 Å². The van der Waals surface area contributed by atoms with Crippen molar-refractivity contribution in [2.24, 2.45) is 0 Å². The maximum absolute atomic E-state index is 12.4. The van der Waals surface area contributed by atoms with Crippen molar-refractivity contribution in [3.05, 3.63) is 65.4 Å². The monoisotopic (exact) mass is 386 g/mol. The van der Waals surface area contributed by atoms with Crippen LogP contribution in [0.3, 0.4) is 0 Å². The second-order valence-corrected chi connectivity index (χ2v) is 9.11. The first-order valence-electron chi connectivity index (χ1n) is 9.02. The average Bonchev–Trinajstić information content (AvgIpc) is 2.99. The summed E-state index contributed by atoms with van der Waals surface area (Å²) in [4.78, 5) is 2.50. The van der Waals surface area contributed by atoms with Crippen molar-refractivity contribution in [2.45, 2.75) is 31.3 Å². The zero-order valence-corrected chi connectivity index (χ0v) is 17.1. The fourth-order valence-corrected chi connectivity index (χ4v) is 4.23. The van der Waals surface area contributed by atoms with Gasteiger partial charge in [0.15, 0.2) is 0 Å². The van der Waals surface area contributed by atoms with Gasteiger partial charge in [0.25, 0.3) is 0 Å². The molecule has 0 aliphatic rings. The smallest absolute Gasteiger partial charge is 0.242 e. The van der Waals surface area contributed by atoms with Gasteiger partial charge in [-0.15, -0.1) is 0 Å². The van der Waals surface area contributed by atoms with Crippen LogP contribution in [-0.2, 0) is 29.5 Å². The van der Waals surface area contributed by atoms with Crippen LogP contribution in [0.1, 0.15) is 23.8 Å². The van der Waals surface area contributed by atoms with Crippen molar-refractivity contribution >= 4 is 21.0 Å². The van der Waals surface area contributed by atoms with Gasteiger partial charge in [0.05, 0.1) is 4.90 Å². The fourth-order valence-electron chi connectivity index (χ4n) is 3.26. The van der Waals surface area contributed by atoms with Crippen LogP contribution in [0.2, 0.25) is 0 Å². The Hall–Kier alpha value is -2.15. The predicted molar refractivity (Wildman–Crippen MR) is 108 cm³/mol. The average molecular weight is 387 g/mol. The third-order valence-electron chi connectivity index (χ3n) is 4.66. The lowest BCUT2D eigenvalue weighted by atomic mass is 10.1. The first kappa shape index (κ1) is 19.6. The van der Waals surface area contributed by atoms with Crippen LogP contribution in [0.4, 0.5) is 0 Å². The molecule has 144 valence electrons. The minimum Gasteiger partial charge on any atom is -0.461 e. The van der Waals surface area contributed by atoms with Crippen molar-refractivity contribution in [2.75, 3.05) is 21.1 Å². The van der Waals surface area contributed by atoms with Crippen molar-refractivity contribution < 1.29 is 12.8 Å². The molecule has 0 amide bonds. The molecule has 1 heterocycles. The summed E-state index contributed by atoms with van der Waals surface area (Å²) >= 11 is 0. The van der Waals surface area contributed by atoms with E-state index in [1.54, 1.807) is 32.3 Å². The highest BCUT2D eigenvalue weighted by molar-refractivity contribution is 7.89. The molecule has 3 rings (SSSR count). The molecule has 0 atom stereocenters. The number of benzene rings is 2. The SMILES string of the molecule is CCc1oc2ccccc2c1CN(C)Cc1cccc(S(=O)(=O)N(C)C)c1. The quantitative estimate of drug-likeness (QED) is 0.618. The molecule has 0 fully saturated rings. The van der Waals surface area contributed by atoms with Crippen LogP contribution in [-0.4, -0.2) is 38.8 Å². The molecule has 1 aromatic heterocycles. The van der Waals surface area contributed by atoms with Crippen molar-refractivity contribution in [3.8, 4) is 0 Å². The zero-order chi connectivity index (χ0) is 19.6. The first-order valence-corrected chi connectivity index (χ1v) is 10.5. The van der Waals surface area contributed by atoms with E-state index < -0.39 is 10.0 Å². The summed E-state index contributed by atoms with van der Waals surface area (Å²) in [6, 6.07) is 15.2. The van der Waals surface area contributed by atoms with E-state index in [0.717, 1.165) is 35.3 Å². The maximum atomic E-state index is 12.4. The lowest BCUT2D eigenvalue weighted by Gasteiger charge is -2.18. The predicted octanol–water partition coefficient (Wildman–Crippen LogP) is 3.88. The molecule has 0 unspecified atom stereocenters. The summed E-state index contributed by atoms with van der Waals surface area (Å²) in [5, 5.41) is 1.14. The molecule has 27 heavy (non-hydrogen) atoms. The molecule has 0 bridgehead atoms. The van der Waals surface area contributed by atoms with Crippen molar-refractivity contribution in [1.29, 1.82) is 0 Å². The Bertz CT molecular complexity index is 1040. The van der Waals surface area contributed by atoms with E-state index in [1.165, 1.54) is 9.87 Å². The van der Waals surface area contributed by atoms with Gasteiger partial charge in [0.1, 0.15) is 11.3 Å². The first-order chi connectivity index (χ1) is 12.8. The van der Waals surface area contributed by atoms with Crippen LogP contribution in [0, 0.1) is 0 Å². The second-order valence-electron chi connectivity index (χ2n) is 6.96. The van der Waals surface area contributed by atoms with Crippen LogP contribution in [0.25, 0.3) is 11.0 Å². The number of furan rings is 1. The minimum atomic E-state index is -3.42. The normalized spacial score (nSPS) is 12.4. The summed E-state index contributed by atoms with van der Waals surface area (Å²) in [7, 11) is 1.70. The number of nitrogens with zero attached hydrogens (tertiary/aromatic N) is 2. The summed E-state index contributed by atoms with van der Waals surface area (Å²) in [5.74, 6) is 1.01. The van der Waals surface area contributed by atoms with E-state index >= 15 is 0 Å². The molecule has 0 spiro atoms. The Morgan fingerprint density at radius 3 is 2.41 bits per heavy atom. The molecule has 0 N–H and O–H groups in total. The van der Waals surface area contributed by atoms with Gasteiger partial charge in [0, 0.05) is 44.6 Å². The third-order valence-corrected chi connectivity index (χ3v) is 6.47. The molecule has 0 aliphatic heterocycles. The zero-order valence-electron chi connectivity index (χ0n) is 16.3. The maximum Gasteiger partial charge on any atom is 0.242 e. The lowest BCUT2D eigenvalue weighted by Crippen LogP contribution is -2.23. The number of fused-ring (bicyclic) bond motifs is 1. The van der Waals surface area contributed by atoms with E-state index in [9.17, 15) is 8.42 Å².